The Balaban J connectivity index is 1.67. The molecule has 1 aliphatic rings. The van der Waals surface area contributed by atoms with Gasteiger partial charge in [-0.25, -0.2) is 4.79 Å². The first kappa shape index (κ1) is 16.8. The summed E-state index contributed by atoms with van der Waals surface area (Å²) in [5.41, 5.74) is 2.69. The number of nitrogens with zero attached hydrogens (tertiary/aromatic N) is 1. The molecule has 0 saturated carbocycles. The van der Waals surface area contributed by atoms with Crippen LogP contribution in [0.1, 0.15) is 11.1 Å². The van der Waals surface area contributed by atoms with Gasteiger partial charge in [-0.1, -0.05) is 24.3 Å². The molecule has 2 aromatic carbocycles. The van der Waals surface area contributed by atoms with E-state index in [0.717, 1.165) is 22.6 Å². The van der Waals surface area contributed by atoms with Gasteiger partial charge in [0.15, 0.2) is 5.75 Å². The number of anilines is 1. The summed E-state index contributed by atoms with van der Waals surface area (Å²) in [5.74, 6) is 0.673. The van der Waals surface area contributed by atoms with Crippen LogP contribution in [0.4, 0.5) is 5.69 Å². The van der Waals surface area contributed by atoms with Gasteiger partial charge in [0, 0.05) is 12.1 Å². The molecule has 1 N–H and O–H groups in total. The van der Waals surface area contributed by atoms with E-state index < -0.39 is 0 Å². The predicted molar refractivity (Wildman–Crippen MR) is 93.9 cm³/mol. The zero-order valence-electron chi connectivity index (χ0n) is 14.2. The van der Waals surface area contributed by atoms with Gasteiger partial charge in [0.25, 0.3) is 0 Å². The number of methoxy groups -OCH3 is 1. The molecule has 2 aromatic rings. The highest BCUT2D eigenvalue weighted by molar-refractivity contribution is 5.89. The average molecular weight is 340 g/mol. The van der Waals surface area contributed by atoms with E-state index in [1.54, 1.807) is 18.1 Å². The fourth-order valence-corrected chi connectivity index (χ4v) is 2.77. The van der Waals surface area contributed by atoms with E-state index in [-0.39, 0.29) is 25.0 Å². The Morgan fingerprint density at radius 1 is 1.28 bits per heavy atom. The summed E-state index contributed by atoms with van der Waals surface area (Å²) in [7, 11) is 1.60. The number of rotatable bonds is 5. The van der Waals surface area contributed by atoms with Crippen molar-refractivity contribution in [3.05, 3.63) is 53.6 Å². The summed E-state index contributed by atoms with van der Waals surface area (Å²) in [4.78, 5) is 25.8. The number of esters is 1. The van der Waals surface area contributed by atoms with E-state index in [1.165, 1.54) is 0 Å². The molecule has 0 unspecified atom stereocenters. The molecule has 3 rings (SSSR count). The normalized spacial score (nSPS) is 13.0. The first-order valence-corrected chi connectivity index (χ1v) is 8.01. The predicted octanol–water partition coefficient (Wildman–Crippen LogP) is 2.05. The molecule has 0 atom stereocenters. The van der Waals surface area contributed by atoms with Crippen molar-refractivity contribution in [2.24, 2.45) is 0 Å². The second-order valence-corrected chi connectivity index (χ2v) is 5.89. The Morgan fingerprint density at radius 2 is 2.08 bits per heavy atom. The van der Waals surface area contributed by atoms with Crippen molar-refractivity contribution in [2.45, 2.75) is 13.5 Å². The number of benzene rings is 2. The van der Waals surface area contributed by atoms with Gasteiger partial charge in [-0.15, -0.1) is 0 Å². The summed E-state index contributed by atoms with van der Waals surface area (Å²) in [6, 6.07) is 13.1. The number of para-hydroxylation sites is 1. The summed E-state index contributed by atoms with van der Waals surface area (Å²) in [6.45, 7) is 2.46. The van der Waals surface area contributed by atoms with Gasteiger partial charge in [-0.05, 0) is 30.7 Å². The minimum atomic E-state index is -0.367. The third-order valence-electron chi connectivity index (χ3n) is 4.00. The summed E-state index contributed by atoms with van der Waals surface area (Å²) in [5, 5.41) is 2.87. The molecule has 6 heteroatoms. The number of hydrogen-bond donors (Lipinski definition) is 1. The molecule has 0 bridgehead atoms. The van der Waals surface area contributed by atoms with Crippen LogP contribution >= 0.6 is 0 Å². The van der Waals surface area contributed by atoms with E-state index in [0.29, 0.717) is 12.3 Å². The van der Waals surface area contributed by atoms with Crippen molar-refractivity contribution < 1.29 is 19.1 Å². The van der Waals surface area contributed by atoms with Crippen LogP contribution in [-0.2, 0) is 16.1 Å². The van der Waals surface area contributed by atoms with E-state index in [1.807, 2.05) is 43.3 Å². The molecule has 130 valence electrons. The topological polar surface area (TPSA) is 67.9 Å². The standard InChI is InChI=1S/C19H20N2O4/c1-13-7-8-17-15(9-13)21(12-19(23)25-17)11-18(22)20-10-14-5-3-4-6-16(14)24-2/h3-9H,10-12H2,1-2H3,(H,20,22). The third kappa shape index (κ3) is 3.91. The number of carbonyl (C=O) groups excluding carboxylic acids is 2. The van der Waals surface area contributed by atoms with Crippen molar-refractivity contribution >= 4 is 17.6 Å². The van der Waals surface area contributed by atoms with Crippen molar-refractivity contribution in [1.82, 2.24) is 5.32 Å². The van der Waals surface area contributed by atoms with Crippen molar-refractivity contribution in [3.63, 3.8) is 0 Å². The average Bonchev–Trinajstić information content (AvgIpc) is 2.60. The third-order valence-corrected chi connectivity index (χ3v) is 4.00. The molecular weight excluding hydrogens is 320 g/mol. The Kier molecular flexibility index (Phi) is 4.88. The Hall–Kier alpha value is -3.02. The second-order valence-electron chi connectivity index (χ2n) is 5.89. The minimum absolute atomic E-state index is 0.0541. The lowest BCUT2D eigenvalue weighted by atomic mass is 10.1. The minimum Gasteiger partial charge on any atom is -0.496 e. The number of ether oxygens (including phenoxy) is 2. The van der Waals surface area contributed by atoms with Crippen LogP contribution in [0, 0.1) is 6.92 Å². The van der Waals surface area contributed by atoms with Crippen LogP contribution in [0.3, 0.4) is 0 Å². The van der Waals surface area contributed by atoms with Crippen LogP contribution in [0.2, 0.25) is 0 Å². The lowest BCUT2D eigenvalue weighted by molar-refractivity contribution is -0.133. The van der Waals surface area contributed by atoms with E-state index in [4.69, 9.17) is 9.47 Å². The quantitative estimate of drug-likeness (QED) is 0.666. The molecule has 0 saturated heterocycles. The van der Waals surface area contributed by atoms with Crippen molar-refractivity contribution in [1.29, 1.82) is 0 Å². The Labute approximate surface area is 146 Å². The highest BCUT2D eigenvalue weighted by Crippen LogP contribution is 2.32. The van der Waals surface area contributed by atoms with Crippen LogP contribution in [0.5, 0.6) is 11.5 Å². The SMILES string of the molecule is COc1ccccc1CNC(=O)CN1CC(=O)Oc2ccc(C)cc21. The van der Waals surface area contributed by atoms with Gasteiger partial charge in [0.05, 0.1) is 19.3 Å². The summed E-state index contributed by atoms with van der Waals surface area (Å²) >= 11 is 0. The smallest absolute Gasteiger partial charge is 0.331 e. The van der Waals surface area contributed by atoms with Gasteiger partial charge in [-0.2, -0.15) is 0 Å². The monoisotopic (exact) mass is 340 g/mol. The Bertz CT molecular complexity index is 804. The molecule has 0 fully saturated rings. The summed E-state index contributed by atoms with van der Waals surface area (Å²) < 4.78 is 10.5. The molecule has 0 radical (unpaired) electrons. The number of nitrogens with one attached hydrogen (secondary N) is 1. The lowest BCUT2D eigenvalue weighted by Gasteiger charge is -2.29. The maximum atomic E-state index is 12.3. The molecular formula is C19H20N2O4. The van der Waals surface area contributed by atoms with E-state index >= 15 is 0 Å². The zero-order chi connectivity index (χ0) is 17.8. The molecule has 1 heterocycles. The number of carbonyl (C=O) groups is 2. The number of hydrogen-bond acceptors (Lipinski definition) is 5. The molecule has 0 aliphatic carbocycles. The van der Waals surface area contributed by atoms with Gasteiger partial charge in [0.2, 0.25) is 5.91 Å². The zero-order valence-corrected chi connectivity index (χ0v) is 14.2. The van der Waals surface area contributed by atoms with Crippen LogP contribution in [0.25, 0.3) is 0 Å². The number of fused-ring (bicyclic) bond motifs is 1. The van der Waals surface area contributed by atoms with Crippen molar-refractivity contribution in [3.8, 4) is 11.5 Å². The molecule has 6 nitrogen and oxygen atoms in total. The number of aryl methyl sites for hydroxylation is 1. The first-order valence-electron chi connectivity index (χ1n) is 8.01. The van der Waals surface area contributed by atoms with Gasteiger partial charge in [0.1, 0.15) is 12.3 Å². The Morgan fingerprint density at radius 3 is 2.88 bits per heavy atom. The molecule has 1 amide bonds. The molecule has 1 aliphatic heterocycles. The molecule has 25 heavy (non-hydrogen) atoms. The first-order chi connectivity index (χ1) is 12.1. The van der Waals surface area contributed by atoms with E-state index in [9.17, 15) is 9.59 Å². The second kappa shape index (κ2) is 7.25. The fourth-order valence-electron chi connectivity index (χ4n) is 2.77. The van der Waals surface area contributed by atoms with E-state index in [2.05, 4.69) is 5.32 Å². The molecule has 0 spiro atoms. The highest BCUT2D eigenvalue weighted by Gasteiger charge is 2.25. The van der Waals surface area contributed by atoms with Crippen LogP contribution < -0.4 is 19.7 Å². The summed E-state index contributed by atoms with van der Waals surface area (Å²) in [6.07, 6.45) is 0. The largest absolute Gasteiger partial charge is 0.496 e. The molecule has 0 aromatic heterocycles. The van der Waals surface area contributed by atoms with Crippen LogP contribution in [-0.4, -0.2) is 32.1 Å². The maximum Gasteiger partial charge on any atom is 0.331 e. The number of amides is 1. The highest BCUT2D eigenvalue weighted by atomic mass is 16.5. The van der Waals surface area contributed by atoms with Gasteiger partial charge in [-0.3, -0.25) is 4.79 Å². The van der Waals surface area contributed by atoms with Gasteiger partial charge >= 0.3 is 5.97 Å². The fraction of sp³-hybridized carbons (Fsp3) is 0.263. The maximum absolute atomic E-state index is 12.3. The van der Waals surface area contributed by atoms with Crippen molar-refractivity contribution in [2.75, 3.05) is 25.1 Å². The van der Waals surface area contributed by atoms with Crippen LogP contribution in [0.15, 0.2) is 42.5 Å². The van der Waals surface area contributed by atoms with Gasteiger partial charge < -0.3 is 19.7 Å². The lowest BCUT2D eigenvalue weighted by Crippen LogP contribution is -2.43.